The molecule has 15 nitrogen and oxygen atoms in total. The van der Waals surface area contributed by atoms with Gasteiger partial charge in [0.1, 0.15) is 0 Å². The molecule has 0 rings (SSSR count). The van der Waals surface area contributed by atoms with Gasteiger partial charge in [0.15, 0.2) is 5.96 Å². The summed E-state index contributed by atoms with van der Waals surface area (Å²) in [6.45, 7) is 2.23. The van der Waals surface area contributed by atoms with Crippen molar-refractivity contribution in [1.82, 2.24) is 26.6 Å². The quantitative estimate of drug-likeness (QED) is 0.0471. The zero-order valence-corrected chi connectivity index (χ0v) is 21.3. The second-order valence-electron chi connectivity index (χ2n) is 8.56. The van der Waals surface area contributed by atoms with Crippen LogP contribution in [0.3, 0.4) is 0 Å². The summed E-state index contributed by atoms with van der Waals surface area (Å²) >= 11 is 0. The second-order valence-corrected chi connectivity index (χ2v) is 8.56. The lowest BCUT2D eigenvalue weighted by Gasteiger charge is -2.23. The highest BCUT2D eigenvalue weighted by atomic mass is 16.2. The Balaban J connectivity index is 4.71. The Morgan fingerprint density at radius 1 is 0.639 bits per heavy atom. The molecule has 3 atom stereocenters. The van der Waals surface area contributed by atoms with Crippen LogP contribution in [-0.2, 0) is 0 Å². The molecule has 0 bridgehead atoms. The molecule has 6 amide bonds. The number of nitrogens with zero attached hydrogens (tertiary/aromatic N) is 1. The third kappa shape index (κ3) is 19.3. The van der Waals surface area contributed by atoms with E-state index in [2.05, 4.69) is 31.6 Å². The van der Waals surface area contributed by atoms with E-state index in [-0.39, 0.29) is 37.2 Å². The molecule has 0 aliphatic heterocycles. The van der Waals surface area contributed by atoms with E-state index < -0.39 is 18.1 Å². The van der Waals surface area contributed by atoms with Crippen molar-refractivity contribution < 1.29 is 14.4 Å². The minimum absolute atomic E-state index is 0.0139. The Kier molecular flexibility index (Phi) is 19.5. The summed E-state index contributed by atoms with van der Waals surface area (Å²) in [5, 5.41) is 13.8. The summed E-state index contributed by atoms with van der Waals surface area (Å²) in [6, 6.07) is -2.34. The summed E-state index contributed by atoms with van der Waals surface area (Å²) in [5.74, 6) is -0.0139. The summed E-state index contributed by atoms with van der Waals surface area (Å²) in [6.07, 6.45) is 5.79. The van der Waals surface area contributed by atoms with Crippen molar-refractivity contribution in [3.05, 3.63) is 0 Å². The summed E-state index contributed by atoms with van der Waals surface area (Å²) in [7, 11) is 0. The van der Waals surface area contributed by atoms with Crippen LogP contribution in [0.15, 0.2) is 4.99 Å². The maximum atomic E-state index is 12.5. The Labute approximate surface area is 213 Å². The number of unbranched alkanes of at least 4 members (excludes halogenated alkanes) is 2. The molecule has 0 fully saturated rings. The van der Waals surface area contributed by atoms with E-state index in [1.165, 1.54) is 0 Å². The SMILES string of the molecule is NCCCC[C@@H](CN)NC(=O)NC[C@H](CCCCN)NC(=O)NC[C@H](CCCN=C(N)N)NC(N)=O. The minimum Gasteiger partial charge on any atom is -0.370 e. The fraction of sp³-hybridized carbons (Fsp3) is 0.810. The van der Waals surface area contributed by atoms with Crippen LogP contribution in [0.25, 0.3) is 0 Å². The predicted molar refractivity (Wildman–Crippen MR) is 142 cm³/mol. The number of nitrogens with two attached hydrogens (primary N) is 6. The first-order chi connectivity index (χ1) is 17.2. The van der Waals surface area contributed by atoms with E-state index in [0.717, 1.165) is 32.1 Å². The lowest BCUT2D eigenvalue weighted by atomic mass is 10.1. The van der Waals surface area contributed by atoms with E-state index in [1.807, 2.05) is 0 Å². The van der Waals surface area contributed by atoms with Gasteiger partial charge in [0.25, 0.3) is 0 Å². The average Bonchev–Trinajstić information content (AvgIpc) is 2.82. The molecule has 0 unspecified atom stereocenters. The fourth-order valence-electron chi connectivity index (χ4n) is 3.42. The number of urea groups is 3. The van der Waals surface area contributed by atoms with E-state index in [1.54, 1.807) is 0 Å². The highest BCUT2D eigenvalue weighted by Crippen LogP contribution is 2.02. The maximum absolute atomic E-state index is 12.5. The smallest absolute Gasteiger partial charge is 0.315 e. The Hall–Kier alpha value is -3.04. The number of rotatable bonds is 20. The number of carbonyl (C=O) groups excluding carboxylic acids is 3. The predicted octanol–water partition coefficient (Wildman–Crippen LogP) is -2.37. The van der Waals surface area contributed by atoms with Gasteiger partial charge in [-0.15, -0.1) is 0 Å². The van der Waals surface area contributed by atoms with Crippen molar-refractivity contribution in [3.63, 3.8) is 0 Å². The van der Waals surface area contributed by atoms with E-state index in [4.69, 9.17) is 34.4 Å². The average molecular weight is 517 g/mol. The number of primary amides is 1. The van der Waals surface area contributed by atoms with Gasteiger partial charge in [-0.2, -0.15) is 0 Å². The van der Waals surface area contributed by atoms with Gasteiger partial charge in [-0.05, 0) is 51.6 Å². The molecule has 0 heterocycles. The van der Waals surface area contributed by atoms with Crippen LogP contribution >= 0.6 is 0 Å². The van der Waals surface area contributed by atoms with Gasteiger partial charge in [0, 0.05) is 44.3 Å². The molecule has 0 aromatic carbocycles. The zero-order chi connectivity index (χ0) is 27.2. The van der Waals surface area contributed by atoms with Gasteiger partial charge in [-0.25, -0.2) is 14.4 Å². The standard InChI is InChI=1S/C21H48N12O3/c22-9-3-1-6-15(12-24)32-20(35)30-14-17(7-2-4-10-23)33-21(36)29-13-16(31-19(27)34)8-5-11-28-18(25)26/h15-17H,1-14,22-24H2,(H4,25,26,28)(H3,27,31,34)(H2,29,33,36)(H2,30,32,35)/t15-,16-,17-/m0/s1. The molecule has 0 saturated carbocycles. The van der Waals surface area contributed by atoms with E-state index in [9.17, 15) is 14.4 Å². The Bertz CT molecular complexity index is 646. The van der Waals surface area contributed by atoms with Crippen LogP contribution in [0, 0.1) is 0 Å². The summed E-state index contributed by atoms with van der Waals surface area (Å²) < 4.78 is 0. The molecule has 210 valence electrons. The van der Waals surface area contributed by atoms with Crippen molar-refractivity contribution in [3.8, 4) is 0 Å². The molecular weight excluding hydrogens is 468 g/mol. The first-order valence-corrected chi connectivity index (χ1v) is 12.5. The number of amides is 6. The molecule has 0 aliphatic carbocycles. The van der Waals surface area contributed by atoms with Crippen LogP contribution < -0.4 is 61.0 Å². The highest BCUT2D eigenvalue weighted by Gasteiger charge is 2.17. The Morgan fingerprint density at radius 3 is 1.58 bits per heavy atom. The van der Waals surface area contributed by atoms with Gasteiger partial charge in [-0.1, -0.05) is 12.8 Å². The molecule has 0 saturated heterocycles. The molecule has 0 spiro atoms. The van der Waals surface area contributed by atoms with Crippen molar-refractivity contribution >= 4 is 24.1 Å². The second kappa shape index (κ2) is 21.3. The topological polar surface area (TPSA) is 280 Å². The van der Waals surface area contributed by atoms with Crippen LogP contribution in [0.4, 0.5) is 14.4 Å². The van der Waals surface area contributed by atoms with E-state index in [0.29, 0.717) is 45.4 Å². The normalized spacial score (nSPS) is 13.1. The summed E-state index contributed by atoms with van der Waals surface area (Å²) in [4.78, 5) is 40.0. The van der Waals surface area contributed by atoms with Gasteiger partial charge in [-0.3, -0.25) is 4.99 Å². The van der Waals surface area contributed by atoms with E-state index >= 15 is 0 Å². The minimum atomic E-state index is -0.697. The van der Waals surface area contributed by atoms with Crippen LogP contribution in [-0.4, -0.2) is 81.4 Å². The number of aliphatic imine (C=N–C) groups is 1. The molecule has 36 heavy (non-hydrogen) atoms. The monoisotopic (exact) mass is 516 g/mol. The molecular formula is C21H48N12O3. The first-order valence-electron chi connectivity index (χ1n) is 12.5. The maximum Gasteiger partial charge on any atom is 0.315 e. The molecule has 17 N–H and O–H groups in total. The van der Waals surface area contributed by atoms with Crippen LogP contribution in [0.1, 0.15) is 51.4 Å². The van der Waals surface area contributed by atoms with Crippen LogP contribution in [0.2, 0.25) is 0 Å². The fourth-order valence-corrected chi connectivity index (χ4v) is 3.42. The highest BCUT2D eigenvalue weighted by molar-refractivity contribution is 5.76. The van der Waals surface area contributed by atoms with Crippen molar-refractivity contribution in [2.24, 2.45) is 39.4 Å². The zero-order valence-electron chi connectivity index (χ0n) is 21.3. The van der Waals surface area contributed by atoms with Gasteiger partial charge >= 0.3 is 18.1 Å². The van der Waals surface area contributed by atoms with Crippen LogP contribution in [0.5, 0.6) is 0 Å². The summed E-state index contributed by atoms with van der Waals surface area (Å²) in [5.41, 5.74) is 32.7. The van der Waals surface area contributed by atoms with Crippen molar-refractivity contribution in [2.45, 2.75) is 69.5 Å². The number of hydrogen-bond donors (Lipinski definition) is 11. The molecule has 0 aromatic heterocycles. The molecule has 0 aliphatic rings. The molecule has 0 aromatic rings. The number of nitrogens with one attached hydrogen (secondary N) is 5. The largest absolute Gasteiger partial charge is 0.370 e. The van der Waals surface area contributed by atoms with Crippen molar-refractivity contribution in [1.29, 1.82) is 0 Å². The van der Waals surface area contributed by atoms with Gasteiger partial charge < -0.3 is 61.0 Å². The van der Waals surface area contributed by atoms with Crippen molar-refractivity contribution in [2.75, 3.05) is 39.3 Å². The lowest BCUT2D eigenvalue weighted by molar-refractivity contribution is 0.227. The number of guanidine groups is 1. The Morgan fingerprint density at radius 2 is 1.11 bits per heavy atom. The molecule has 15 heteroatoms. The first kappa shape index (κ1) is 33.0. The third-order valence-corrected chi connectivity index (χ3v) is 5.34. The number of hydrogen-bond acceptors (Lipinski definition) is 7. The lowest BCUT2D eigenvalue weighted by Crippen LogP contribution is -2.53. The number of carbonyl (C=O) groups is 3. The molecule has 0 radical (unpaired) electrons. The van der Waals surface area contributed by atoms with Gasteiger partial charge in [0.2, 0.25) is 0 Å². The third-order valence-electron chi connectivity index (χ3n) is 5.34. The van der Waals surface area contributed by atoms with Gasteiger partial charge in [0.05, 0.1) is 0 Å².